The molecule has 0 aliphatic carbocycles. The third-order valence-electron chi connectivity index (χ3n) is 5.09. The van der Waals surface area contributed by atoms with E-state index in [-0.39, 0.29) is 29.5 Å². The van der Waals surface area contributed by atoms with Crippen molar-refractivity contribution in [1.82, 2.24) is 5.43 Å². The highest BCUT2D eigenvalue weighted by Gasteiger charge is 2.29. The Morgan fingerprint density at radius 2 is 1.78 bits per heavy atom. The average Bonchev–Trinajstić information content (AvgIpc) is 2.91. The van der Waals surface area contributed by atoms with Gasteiger partial charge in [0.2, 0.25) is 0 Å². The van der Waals surface area contributed by atoms with Crippen LogP contribution >= 0.6 is 0 Å². The first-order valence-electron chi connectivity index (χ1n) is 11.0. The van der Waals surface area contributed by atoms with Crippen molar-refractivity contribution < 1.29 is 31.8 Å². The minimum Gasteiger partial charge on any atom is -0.486 e. The van der Waals surface area contributed by atoms with E-state index in [0.29, 0.717) is 23.7 Å². The van der Waals surface area contributed by atoms with E-state index in [4.69, 9.17) is 19.5 Å². The van der Waals surface area contributed by atoms with Gasteiger partial charge in [-0.1, -0.05) is 0 Å². The molecule has 1 aliphatic rings. The predicted molar refractivity (Wildman–Crippen MR) is 132 cm³/mol. The zero-order valence-corrected chi connectivity index (χ0v) is 20.2. The van der Waals surface area contributed by atoms with Crippen molar-refractivity contribution in [3.63, 3.8) is 0 Å². The predicted octanol–water partition coefficient (Wildman–Crippen LogP) is 2.84. The van der Waals surface area contributed by atoms with Crippen LogP contribution in [0.15, 0.2) is 76.7 Å². The first kappa shape index (κ1) is 25.5. The topological polar surface area (TPSA) is 130 Å². The third-order valence-corrected chi connectivity index (χ3v) is 6.86. The molecular formula is C25H21FN4O6S. The Morgan fingerprint density at radius 1 is 1.08 bits per heavy atom. The molecule has 3 aromatic rings. The SMILES string of the molecule is N#CCOc1ccc(/C=N\NC(=O)CN(c2ccc(F)cc2)S(=O)(=O)c2ccc3c(c2)OCCO3)cc1. The summed E-state index contributed by atoms with van der Waals surface area (Å²) in [5.41, 5.74) is 3.01. The van der Waals surface area contributed by atoms with Gasteiger partial charge in [0.25, 0.3) is 15.9 Å². The third kappa shape index (κ3) is 6.33. The van der Waals surface area contributed by atoms with Crippen LogP contribution in [0.2, 0.25) is 0 Å². The number of ether oxygens (including phenoxy) is 3. The van der Waals surface area contributed by atoms with E-state index in [9.17, 15) is 17.6 Å². The van der Waals surface area contributed by atoms with Crippen LogP contribution in [0.5, 0.6) is 17.2 Å². The van der Waals surface area contributed by atoms with Crippen molar-refractivity contribution in [2.24, 2.45) is 5.10 Å². The molecule has 0 unspecified atom stereocenters. The number of halogens is 1. The maximum Gasteiger partial charge on any atom is 0.264 e. The van der Waals surface area contributed by atoms with Gasteiger partial charge in [0.1, 0.15) is 37.4 Å². The number of fused-ring (bicyclic) bond motifs is 1. The molecule has 0 atom stereocenters. The molecule has 1 amide bonds. The maximum absolute atomic E-state index is 13.5. The summed E-state index contributed by atoms with van der Waals surface area (Å²) in [6.07, 6.45) is 1.36. The van der Waals surface area contributed by atoms with Gasteiger partial charge in [0.15, 0.2) is 18.1 Å². The minimum absolute atomic E-state index is 0.0801. The lowest BCUT2D eigenvalue weighted by Crippen LogP contribution is -2.39. The lowest BCUT2D eigenvalue weighted by Gasteiger charge is -2.25. The van der Waals surface area contributed by atoms with Gasteiger partial charge < -0.3 is 14.2 Å². The molecule has 1 aliphatic heterocycles. The summed E-state index contributed by atoms with van der Waals surface area (Å²) in [4.78, 5) is 12.5. The Kier molecular flexibility index (Phi) is 7.85. The number of hydrogen-bond acceptors (Lipinski definition) is 8. The molecule has 0 saturated heterocycles. The first-order valence-corrected chi connectivity index (χ1v) is 12.4. The number of hydrazone groups is 1. The number of carbonyl (C=O) groups is 1. The number of nitrogens with one attached hydrogen (secondary N) is 1. The summed E-state index contributed by atoms with van der Waals surface area (Å²) in [7, 11) is -4.26. The second kappa shape index (κ2) is 11.4. The Hall–Kier alpha value is -4.63. The Balaban J connectivity index is 1.51. The van der Waals surface area contributed by atoms with Crippen LogP contribution < -0.4 is 23.9 Å². The van der Waals surface area contributed by atoms with Crippen LogP contribution in [-0.2, 0) is 14.8 Å². The highest BCUT2D eigenvalue weighted by Crippen LogP contribution is 2.34. The molecule has 0 saturated carbocycles. The van der Waals surface area contributed by atoms with E-state index in [1.807, 2.05) is 6.07 Å². The van der Waals surface area contributed by atoms with E-state index in [1.54, 1.807) is 24.3 Å². The highest BCUT2D eigenvalue weighted by atomic mass is 32.2. The van der Waals surface area contributed by atoms with Gasteiger partial charge in [-0.05, 0) is 66.2 Å². The van der Waals surface area contributed by atoms with Crippen molar-refractivity contribution in [2.75, 3.05) is 30.7 Å². The van der Waals surface area contributed by atoms with Crippen molar-refractivity contribution in [2.45, 2.75) is 4.90 Å². The number of hydrogen-bond donors (Lipinski definition) is 1. The lowest BCUT2D eigenvalue weighted by atomic mass is 10.2. The van der Waals surface area contributed by atoms with E-state index >= 15 is 0 Å². The number of anilines is 1. The van der Waals surface area contributed by atoms with Crippen LogP contribution in [0.3, 0.4) is 0 Å². The molecule has 1 heterocycles. The van der Waals surface area contributed by atoms with Gasteiger partial charge in [-0.2, -0.15) is 10.4 Å². The number of sulfonamides is 1. The number of nitrogens with zero attached hydrogens (tertiary/aromatic N) is 3. The minimum atomic E-state index is -4.26. The van der Waals surface area contributed by atoms with E-state index < -0.39 is 28.3 Å². The zero-order chi connectivity index (χ0) is 26.3. The fourth-order valence-electron chi connectivity index (χ4n) is 3.34. The summed E-state index contributed by atoms with van der Waals surface area (Å²) in [6.45, 7) is -0.0846. The number of rotatable bonds is 9. The fraction of sp³-hybridized carbons (Fsp3) is 0.160. The molecule has 37 heavy (non-hydrogen) atoms. The quantitative estimate of drug-likeness (QED) is 0.336. The Morgan fingerprint density at radius 3 is 2.49 bits per heavy atom. The largest absolute Gasteiger partial charge is 0.486 e. The van der Waals surface area contributed by atoms with Crippen molar-refractivity contribution in [1.29, 1.82) is 5.26 Å². The zero-order valence-electron chi connectivity index (χ0n) is 19.3. The average molecular weight is 525 g/mol. The highest BCUT2D eigenvalue weighted by molar-refractivity contribution is 7.92. The van der Waals surface area contributed by atoms with Gasteiger partial charge in [-0.15, -0.1) is 0 Å². The molecule has 0 bridgehead atoms. The molecule has 0 aromatic heterocycles. The van der Waals surface area contributed by atoms with Crippen LogP contribution in [0, 0.1) is 17.1 Å². The van der Waals surface area contributed by atoms with Crippen molar-refractivity contribution >= 4 is 27.8 Å². The number of benzene rings is 3. The van der Waals surface area contributed by atoms with E-state index in [2.05, 4.69) is 10.5 Å². The monoisotopic (exact) mass is 524 g/mol. The van der Waals surface area contributed by atoms with Gasteiger partial charge in [0.05, 0.1) is 16.8 Å². The van der Waals surface area contributed by atoms with Crippen LogP contribution in [-0.4, -0.2) is 46.9 Å². The smallest absolute Gasteiger partial charge is 0.264 e. The molecule has 1 N–H and O–H groups in total. The van der Waals surface area contributed by atoms with Crippen molar-refractivity contribution in [3.05, 3.63) is 78.1 Å². The number of carbonyl (C=O) groups excluding carboxylic acids is 1. The Labute approximate surface area is 212 Å². The molecule has 3 aromatic carbocycles. The fourth-order valence-corrected chi connectivity index (χ4v) is 4.78. The summed E-state index contributed by atoms with van der Waals surface area (Å²) in [5.74, 6) is -0.101. The molecule has 10 nitrogen and oxygen atoms in total. The standard InChI is InChI=1S/C25H21FN4O6S/c26-19-3-5-20(6-4-19)30(37(32,33)22-9-10-23-24(15-22)36-14-13-35-23)17-25(31)29-28-16-18-1-7-21(8-2-18)34-12-11-27/h1-10,15-16H,12-14,17H2,(H,29,31)/b28-16-. The normalized spacial score (nSPS) is 12.5. The molecular weight excluding hydrogens is 503 g/mol. The van der Waals surface area contributed by atoms with E-state index in [0.717, 1.165) is 16.4 Å². The van der Waals surface area contributed by atoms with Gasteiger partial charge in [-0.3, -0.25) is 9.10 Å². The van der Waals surface area contributed by atoms with Gasteiger partial charge in [0, 0.05) is 6.07 Å². The molecule has 0 radical (unpaired) electrons. The molecule has 0 spiro atoms. The van der Waals surface area contributed by atoms with Crippen LogP contribution in [0.25, 0.3) is 0 Å². The molecule has 4 rings (SSSR count). The molecule has 0 fully saturated rings. The summed E-state index contributed by atoms with van der Waals surface area (Å²) in [5, 5.41) is 12.4. The van der Waals surface area contributed by atoms with E-state index in [1.165, 1.54) is 36.5 Å². The summed E-state index contributed by atoms with van der Waals surface area (Å²) >= 11 is 0. The Bertz CT molecular complexity index is 1440. The van der Waals surface area contributed by atoms with Gasteiger partial charge >= 0.3 is 0 Å². The molecule has 190 valence electrons. The number of nitriles is 1. The second-order valence-electron chi connectivity index (χ2n) is 7.60. The maximum atomic E-state index is 13.5. The summed E-state index contributed by atoms with van der Waals surface area (Å²) < 4.78 is 57.5. The number of amides is 1. The first-order chi connectivity index (χ1) is 17.9. The second-order valence-corrected chi connectivity index (χ2v) is 9.46. The van der Waals surface area contributed by atoms with Crippen LogP contribution in [0.1, 0.15) is 5.56 Å². The lowest BCUT2D eigenvalue weighted by molar-refractivity contribution is -0.119. The summed E-state index contributed by atoms with van der Waals surface area (Å²) in [6, 6.07) is 17.3. The molecule has 12 heteroatoms. The van der Waals surface area contributed by atoms with Crippen molar-refractivity contribution in [3.8, 4) is 23.3 Å². The van der Waals surface area contributed by atoms with Gasteiger partial charge in [-0.25, -0.2) is 18.2 Å². The van der Waals surface area contributed by atoms with Crippen LogP contribution in [0.4, 0.5) is 10.1 Å².